The molecule has 2 aromatic rings. The van der Waals surface area contributed by atoms with Gasteiger partial charge in [0.1, 0.15) is 18.0 Å². The highest BCUT2D eigenvalue weighted by molar-refractivity contribution is 7.86. The molecule has 1 heterocycles. The van der Waals surface area contributed by atoms with Crippen molar-refractivity contribution in [3.8, 4) is 0 Å². The lowest BCUT2D eigenvalue weighted by atomic mass is 10.0. The Morgan fingerprint density at radius 1 is 1.23 bits per heavy atom. The molecule has 0 N–H and O–H groups in total. The molecular weight excluding hydrogens is 357 g/mol. The molecule has 0 saturated carbocycles. The van der Waals surface area contributed by atoms with Crippen LogP contribution in [0.2, 0.25) is 0 Å². The van der Waals surface area contributed by atoms with E-state index in [1.165, 1.54) is 23.8 Å². The molecule has 5 nitrogen and oxygen atoms in total. The molecule has 1 unspecified atom stereocenters. The molecule has 2 atom stereocenters. The van der Waals surface area contributed by atoms with E-state index in [0.717, 1.165) is 19.3 Å². The topological polar surface area (TPSA) is 55.8 Å². The third-order valence-corrected chi connectivity index (χ3v) is 4.78. The fraction of sp³-hybridized carbons (Fsp3) is 0.368. The maximum atomic E-state index is 13.6. The third-order valence-electron chi connectivity index (χ3n) is 4.22. The van der Waals surface area contributed by atoms with E-state index in [0.29, 0.717) is 18.7 Å². The lowest BCUT2D eigenvalue weighted by Crippen LogP contribution is -2.45. The van der Waals surface area contributed by atoms with Gasteiger partial charge in [0.15, 0.2) is 0 Å². The standard InChI is InChI=1S/C19H22FNO4S/c1-26(22,23)25-19(16-8-5-9-17(20)12-16)18-14-21(10-11-24-18)13-15-6-3-2-4-7-15/h2-9,12,18-19H,10-11,13-14H2,1H3/t18?,19-/m1/s1. The zero-order chi connectivity index (χ0) is 18.6. The third kappa shape index (κ3) is 5.35. The molecular formula is C19H22FNO4S. The Balaban J connectivity index is 1.79. The number of nitrogens with zero attached hydrogens (tertiary/aromatic N) is 1. The van der Waals surface area contributed by atoms with Crippen LogP contribution in [-0.4, -0.2) is 45.4 Å². The number of hydrogen-bond acceptors (Lipinski definition) is 5. The molecule has 7 heteroatoms. The molecule has 1 fully saturated rings. The zero-order valence-electron chi connectivity index (χ0n) is 14.5. The first-order chi connectivity index (χ1) is 12.4. The lowest BCUT2D eigenvalue weighted by Gasteiger charge is -2.36. The van der Waals surface area contributed by atoms with E-state index in [4.69, 9.17) is 8.92 Å². The van der Waals surface area contributed by atoms with Crippen molar-refractivity contribution in [2.75, 3.05) is 26.0 Å². The van der Waals surface area contributed by atoms with Gasteiger partial charge in [-0.3, -0.25) is 9.08 Å². The van der Waals surface area contributed by atoms with Crippen LogP contribution in [0.5, 0.6) is 0 Å². The van der Waals surface area contributed by atoms with Crippen molar-refractivity contribution in [3.63, 3.8) is 0 Å². The van der Waals surface area contributed by atoms with Crippen molar-refractivity contribution in [2.24, 2.45) is 0 Å². The molecule has 0 aliphatic carbocycles. The van der Waals surface area contributed by atoms with E-state index < -0.39 is 28.1 Å². The first kappa shape index (κ1) is 19.0. The van der Waals surface area contributed by atoms with Crippen LogP contribution in [0.3, 0.4) is 0 Å². The van der Waals surface area contributed by atoms with Gasteiger partial charge in [-0.15, -0.1) is 0 Å². The van der Waals surface area contributed by atoms with Crippen LogP contribution in [0.25, 0.3) is 0 Å². The molecule has 140 valence electrons. The van der Waals surface area contributed by atoms with Crippen LogP contribution in [0.1, 0.15) is 17.2 Å². The Morgan fingerprint density at radius 3 is 2.69 bits per heavy atom. The summed E-state index contributed by atoms with van der Waals surface area (Å²) in [6, 6.07) is 15.8. The van der Waals surface area contributed by atoms with E-state index in [2.05, 4.69) is 4.90 Å². The second kappa shape index (κ2) is 8.26. The van der Waals surface area contributed by atoms with Gasteiger partial charge in [-0.25, -0.2) is 4.39 Å². The van der Waals surface area contributed by atoms with Crippen molar-refractivity contribution >= 4 is 10.1 Å². The number of morpholine rings is 1. The largest absolute Gasteiger partial charge is 0.372 e. The van der Waals surface area contributed by atoms with Gasteiger partial charge in [0, 0.05) is 19.6 Å². The molecule has 1 aliphatic heterocycles. The minimum atomic E-state index is -3.73. The van der Waals surface area contributed by atoms with E-state index in [1.807, 2.05) is 30.3 Å². The van der Waals surface area contributed by atoms with Crippen LogP contribution >= 0.6 is 0 Å². The summed E-state index contributed by atoms with van der Waals surface area (Å²) in [5.74, 6) is -0.443. The molecule has 0 radical (unpaired) electrons. The first-order valence-corrected chi connectivity index (χ1v) is 10.2. The van der Waals surface area contributed by atoms with Crippen LogP contribution < -0.4 is 0 Å². The molecule has 0 aromatic heterocycles. The summed E-state index contributed by atoms with van der Waals surface area (Å²) in [5.41, 5.74) is 1.61. The van der Waals surface area contributed by atoms with E-state index in [9.17, 15) is 12.8 Å². The maximum Gasteiger partial charge on any atom is 0.265 e. The Bertz CT molecular complexity index is 828. The smallest absolute Gasteiger partial charge is 0.265 e. The van der Waals surface area contributed by atoms with Gasteiger partial charge >= 0.3 is 0 Å². The Labute approximate surface area is 153 Å². The second-order valence-corrected chi connectivity index (χ2v) is 8.01. The summed E-state index contributed by atoms with van der Waals surface area (Å²) >= 11 is 0. The molecule has 0 bridgehead atoms. The predicted octanol–water partition coefficient (Wildman–Crippen LogP) is 2.74. The van der Waals surface area contributed by atoms with Gasteiger partial charge in [-0.2, -0.15) is 8.42 Å². The minimum Gasteiger partial charge on any atom is -0.372 e. The van der Waals surface area contributed by atoms with Gasteiger partial charge in [0.2, 0.25) is 0 Å². The van der Waals surface area contributed by atoms with Gasteiger partial charge in [0.25, 0.3) is 10.1 Å². The summed E-state index contributed by atoms with van der Waals surface area (Å²) < 4.78 is 48.2. The molecule has 26 heavy (non-hydrogen) atoms. The van der Waals surface area contributed by atoms with Gasteiger partial charge < -0.3 is 4.74 Å². The summed E-state index contributed by atoms with van der Waals surface area (Å²) in [6.07, 6.45) is -0.410. The fourth-order valence-electron chi connectivity index (χ4n) is 3.10. The summed E-state index contributed by atoms with van der Waals surface area (Å²) in [5, 5.41) is 0. The summed E-state index contributed by atoms with van der Waals surface area (Å²) in [4.78, 5) is 2.18. The van der Waals surface area contributed by atoms with Crippen LogP contribution in [0.4, 0.5) is 4.39 Å². The highest BCUT2D eigenvalue weighted by atomic mass is 32.2. The fourth-order valence-corrected chi connectivity index (χ4v) is 3.72. The minimum absolute atomic E-state index is 0.443. The normalized spacial score (nSPS) is 20.0. The molecule has 3 rings (SSSR count). The predicted molar refractivity (Wildman–Crippen MR) is 96.5 cm³/mol. The second-order valence-electron chi connectivity index (χ2n) is 6.41. The molecule has 0 spiro atoms. The molecule has 2 aromatic carbocycles. The van der Waals surface area contributed by atoms with Crippen molar-refractivity contribution in [1.82, 2.24) is 4.90 Å². The monoisotopic (exact) mass is 379 g/mol. The quantitative estimate of drug-likeness (QED) is 0.723. The summed E-state index contributed by atoms with van der Waals surface area (Å²) in [6.45, 7) is 2.41. The highest BCUT2D eigenvalue weighted by Crippen LogP contribution is 2.28. The number of hydrogen-bond donors (Lipinski definition) is 0. The number of benzene rings is 2. The van der Waals surface area contributed by atoms with E-state index >= 15 is 0 Å². The average Bonchev–Trinajstić information content (AvgIpc) is 2.60. The van der Waals surface area contributed by atoms with Crippen LogP contribution in [-0.2, 0) is 25.6 Å². The van der Waals surface area contributed by atoms with E-state index in [1.54, 1.807) is 6.07 Å². The Morgan fingerprint density at radius 2 is 2.00 bits per heavy atom. The lowest BCUT2D eigenvalue weighted by molar-refractivity contribution is -0.0823. The van der Waals surface area contributed by atoms with Gasteiger partial charge in [-0.1, -0.05) is 42.5 Å². The maximum absolute atomic E-state index is 13.6. The average molecular weight is 379 g/mol. The number of ether oxygens (including phenoxy) is 1. The Hall–Kier alpha value is -1.80. The SMILES string of the molecule is CS(=O)(=O)O[C@H](c1cccc(F)c1)C1CN(Cc2ccccc2)CCO1. The molecule has 1 saturated heterocycles. The Kier molecular flexibility index (Phi) is 6.03. The molecule has 1 aliphatic rings. The van der Waals surface area contributed by atoms with Gasteiger partial charge in [0.05, 0.1) is 12.9 Å². The van der Waals surface area contributed by atoms with Crippen LogP contribution in [0, 0.1) is 5.82 Å². The zero-order valence-corrected chi connectivity index (χ0v) is 15.4. The van der Waals surface area contributed by atoms with Crippen molar-refractivity contribution in [2.45, 2.75) is 18.8 Å². The molecule has 0 amide bonds. The van der Waals surface area contributed by atoms with Crippen LogP contribution in [0.15, 0.2) is 54.6 Å². The summed E-state index contributed by atoms with van der Waals surface area (Å²) in [7, 11) is -3.73. The van der Waals surface area contributed by atoms with E-state index in [-0.39, 0.29) is 0 Å². The number of rotatable bonds is 6. The van der Waals surface area contributed by atoms with Gasteiger partial charge in [-0.05, 0) is 23.3 Å². The number of halogens is 1. The highest BCUT2D eigenvalue weighted by Gasteiger charge is 2.33. The van der Waals surface area contributed by atoms with Crippen molar-refractivity contribution < 1.29 is 21.7 Å². The van der Waals surface area contributed by atoms with Crippen molar-refractivity contribution in [3.05, 3.63) is 71.5 Å². The first-order valence-electron chi connectivity index (χ1n) is 8.42. The van der Waals surface area contributed by atoms with Crippen molar-refractivity contribution in [1.29, 1.82) is 0 Å².